The van der Waals surface area contributed by atoms with Crippen LogP contribution >= 0.6 is 0 Å². The molecule has 2 aromatic rings. The number of piperidine rings is 1. The molecule has 6 nitrogen and oxygen atoms in total. The van der Waals surface area contributed by atoms with E-state index in [0.29, 0.717) is 43.1 Å². The third-order valence-electron chi connectivity index (χ3n) is 5.59. The van der Waals surface area contributed by atoms with E-state index in [1.54, 1.807) is 18.1 Å². The molecule has 0 bridgehead atoms. The molecule has 2 aliphatic heterocycles. The standard InChI is InChI=1S/C23H26N2O4/c1-28-21-10-9-17(15-19(21)25-12-5-4-8-23(25)27)24-22(26)14-16-11-13-29-20-7-3-2-6-18(16)20/h2-3,6-7,9-10,15-16H,4-5,8,11-14H2,1H3,(H,24,26). The summed E-state index contributed by atoms with van der Waals surface area (Å²) in [7, 11) is 1.59. The van der Waals surface area contributed by atoms with Crippen LogP contribution in [-0.4, -0.2) is 32.1 Å². The van der Waals surface area contributed by atoms with Crippen LogP contribution in [0.3, 0.4) is 0 Å². The number of rotatable bonds is 5. The third-order valence-corrected chi connectivity index (χ3v) is 5.59. The maximum absolute atomic E-state index is 12.7. The Morgan fingerprint density at radius 2 is 2.10 bits per heavy atom. The summed E-state index contributed by atoms with van der Waals surface area (Å²) < 4.78 is 11.1. The number of nitrogens with one attached hydrogen (secondary N) is 1. The number of hydrogen-bond donors (Lipinski definition) is 1. The number of amides is 2. The Labute approximate surface area is 170 Å². The number of hydrogen-bond acceptors (Lipinski definition) is 4. The van der Waals surface area contributed by atoms with Crippen LogP contribution in [-0.2, 0) is 9.59 Å². The van der Waals surface area contributed by atoms with Gasteiger partial charge in [-0.05, 0) is 55.0 Å². The number of nitrogens with zero attached hydrogens (tertiary/aromatic N) is 1. The first-order valence-electron chi connectivity index (χ1n) is 10.2. The van der Waals surface area contributed by atoms with Crippen LogP contribution in [0.25, 0.3) is 0 Å². The SMILES string of the molecule is COc1ccc(NC(=O)CC2CCOc3ccccc32)cc1N1CCCCC1=O. The fourth-order valence-corrected chi connectivity index (χ4v) is 4.10. The molecule has 0 spiro atoms. The molecule has 2 amide bonds. The zero-order valence-electron chi connectivity index (χ0n) is 16.6. The minimum Gasteiger partial charge on any atom is -0.495 e. The Morgan fingerprint density at radius 1 is 1.24 bits per heavy atom. The summed E-state index contributed by atoms with van der Waals surface area (Å²) in [6.07, 6.45) is 3.64. The lowest BCUT2D eigenvalue weighted by molar-refractivity contribution is -0.119. The number of carbonyl (C=O) groups is 2. The summed E-state index contributed by atoms with van der Waals surface area (Å²) in [5.74, 6) is 1.69. The van der Waals surface area contributed by atoms with Crippen molar-refractivity contribution in [3.8, 4) is 11.5 Å². The highest BCUT2D eigenvalue weighted by Gasteiger charge is 2.25. The average molecular weight is 394 g/mol. The Bertz CT molecular complexity index is 912. The van der Waals surface area contributed by atoms with E-state index in [1.165, 1.54) is 0 Å². The quantitative estimate of drug-likeness (QED) is 0.829. The summed E-state index contributed by atoms with van der Waals surface area (Å²) in [6.45, 7) is 1.30. The van der Waals surface area contributed by atoms with E-state index in [2.05, 4.69) is 5.32 Å². The van der Waals surface area contributed by atoms with Crippen molar-refractivity contribution >= 4 is 23.2 Å². The van der Waals surface area contributed by atoms with E-state index in [9.17, 15) is 9.59 Å². The fraction of sp³-hybridized carbons (Fsp3) is 0.391. The van der Waals surface area contributed by atoms with Crippen molar-refractivity contribution in [1.29, 1.82) is 0 Å². The molecule has 1 atom stereocenters. The Kier molecular flexibility index (Phi) is 5.69. The van der Waals surface area contributed by atoms with Gasteiger partial charge in [0.05, 0.1) is 19.4 Å². The lowest BCUT2D eigenvalue weighted by atomic mass is 9.90. The van der Waals surface area contributed by atoms with Gasteiger partial charge in [0.2, 0.25) is 11.8 Å². The maximum atomic E-state index is 12.7. The van der Waals surface area contributed by atoms with Crippen LogP contribution in [0.1, 0.15) is 43.6 Å². The van der Waals surface area contributed by atoms with Gasteiger partial charge in [-0.3, -0.25) is 9.59 Å². The minimum atomic E-state index is -0.0483. The summed E-state index contributed by atoms with van der Waals surface area (Å²) in [5, 5.41) is 2.99. The van der Waals surface area contributed by atoms with Gasteiger partial charge in [0.1, 0.15) is 11.5 Å². The molecule has 4 rings (SSSR count). The molecule has 2 aromatic carbocycles. The first kappa shape index (κ1) is 19.3. The molecule has 2 aliphatic rings. The molecule has 6 heteroatoms. The monoisotopic (exact) mass is 394 g/mol. The van der Waals surface area contributed by atoms with Gasteiger partial charge in [-0.2, -0.15) is 0 Å². The molecule has 0 radical (unpaired) electrons. The van der Waals surface area contributed by atoms with Gasteiger partial charge < -0.3 is 19.7 Å². The number of anilines is 2. The Hall–Kier alpha value is -3.02. The van der Waals surface area contributed by atoms with Crippen molar-refractivity contribution < 1.29 is 19.1 Å². The zero-order valence-corrected chi connectivity index (χ0v) is 16.6. The highest BCUT2D eigenvalue weighted by molar-refractivity contribution is 5.97. The number of carbonyl (C=O) groups excluding carboxylic acids is 2. The summed E-state index contributed by atoms with van der Waals surface area (Å²) in [5.41, 5.74) is 2.47. The van der Waals surface area contributed by atoms with Gasteiger partial charge in [-0.15, -0.1) is 0 Å². The van der Waals surface area contributed by atoms with E-state index in [-0.39, 0.29) is 17.7 Å². The molecule has 1 fully saturated rings. The molecular weight excluding hydrogens is 368 g/mol. The van der Waals surface area contributed by atoms with Gasteiger partial charge in [0, 0.05) is 25.1 Å². The van der Waals surface area contributed by atoms with Gasteiger partial charge in [-0.1, -0.05) is 18.2 Å². The lowest BCUT2D eigenvalue weighted by Gasteiger charge is -2.28. The Balaban J connectivity index is 1.49. The molecule has 1 saturated heterocycles. The molecule has 152 valence electrons. The van der Waals surface area contributed by atoms with E-state index in [4.69, 9.17) is 9.47 Å². The van der Waals surface area contributed by atoms with E-state index in [0.717, 1.165) is 30.6 Å². The summed E-state index contributed by atoms with van der Waals surface area (Å²) in [4.78, 5) is 26.8. The van der Waals surface area contributed by atoms with E-state index in [1.807, 2.05) is 36.4 Å². The number of methoxy groups -OCH3 is 1. The summed E-state index contributed by atoms with van der Waals surface area (Å²) >= 11 is 0. The van der Waals surface area contributed by atoms with Crippen molar-refractivity contribution in [2.24, 2.45) is 0 Å². The van der Waals surface area contributed by atoms with Gasteiger partial charge in [0.25, 0.3) is 0 Å². The molecule has 0 saturated carbocycles. The van der Waals surface area contributed by atoms with Crippen LogP contribution in [0.4, 0.5) is 11.4 Å². The van der Waals surface area contributed by atoms with Crippen LogP contribution in [0.15, 0.2) is 42.5 Å². The van der Waals surface area contributed by atoms with Crippen molar-refractivity contribution in [1.82, 2.24) is 0 Å². The number of ether oxygens (including phenoxy) is 2. The topological polar surface area (TPSA) is 67.9 Å². The largest absolute Gasteiger partial charge is 0.495 e. The molecule has 0 aromatic heterocycles. The highest BCUT2D eigenvalue weighted by atomic mass is 16.5. The van der Waals surface area contributed by atoms with Crippen molar-refractivity contribution in [2.75, 3.05) is 30.5 Å². The molecular formula is C23H26N2O4. The second-order valence-electron chi connectivity index (χ2n) is 7.51. The fourth-order valence-electron chi connectivity index (χ4n) is 4.10. The number of fused-ring (bicyclic) bond motifs is 1. The van der Waals surface area contributed by atoms with Crippen LogP contribution < -0.4 is 19.7 Å². The van der Waals surface area contributed by atoms with Crippen LogP contribution in [0.2, 0.25) is 0 Å². The predicted octanol–water partition coefficient (Wildman–Crippen LogP) is 4.11. The second-order valence-corrected chi connectivity index (χ2v) is 7.51. The predicted molar refractivity (Wildman–Crippen MR) is 112 cm³/mol. The maximum Gasteiger partial charge on any atom is 0.227 e. The number of benzene rings is 2. The molecule has 1 N–H and O–H groups in total. The smallest absolute Gasteiger partial charge is 0.227 e. The lowest BCUT2D eigenvalue weighted by Crippen LogP contribution is -2.35. The first-order valence-corrected chi connectivity index (χ1v) is 10.2. The minimum absolute atomic E-state index is 0.0483. The van der Waals surface area contributed by atoms with E-state index >= 15 is 0 Å². The normalized spacial score (nSPS) is 18.6. The van der Waals surface area contributed by atoms with Crippen molar-refractivity contribution in [3.63, 3.8) is 0 Å². The molecule has 29 heavy (non-hydrogen) atoms. The first-order chi connectivity index (χ1) is 14.2. The van der Waals surface area contributed by atoms with Gasteiger partial charge in [-0.25, -0.2) is 0 Å². The van der Waals surface area contributed by atoms with E-state index < -0.39 is 0 Å². The van der Waals surface area contributed by atoms with Crippen LogP contribution in [0.5, 0.6) is 11.5 Å². The molecule has 2 heterocycles. The highest BCUT2D eigenvalue weighted by Crippen LogP contribution is 2.36. The second kappa shape index (κ2) is 8.55. The third kappa shape index (κ3) is 4.21. The Morgan fingerprint density at radius 3 is 2.93 bits per heavy atom. The zero-order chi connectivity index (χ0) is 20.2. The molecule has 1 unspecified atom stereocenters. The molecule has 0 aliphatic carbocycles. The van der Waals surface area contributed by atoms with Gasteiger partial charge >= 0.3 is 0 Å². The average Bonchev–Trinajstić information content (AvgIpc) is 2.74. The number of para-hydroxylation sites is 1. The van der Waals surface area contributed by atoms with Gasteiger partial charge in [0.15, 0.2) is 0 Å². The summed E-state index contributed by atoms with van der Waals surface area (Å²) in [6, 6.07) is 13.3. The van der Waals surface area contributed by atoms with Crippen molar-refractivity contribution in [2.45, 2.75) is 38.0 Å². The van der Waals surface area contributed by atoms with Crippen LogP contribution in [0, 0.1) is 0 Å². The van der Waals surface area contributed by atoms with Crippen molar-refractivity contribution in [3.05, 3.63) is 48.0 Å².